The van der Waals surface area contributed by atoms with Gasteiger partial charge in [-0.2, -0.15) is 0 Å². The largest absolute Gasteiger partial charge is 0.389 e. The summed E-state index contributed by atoms with van der Waals surface area (Å²) in [5.74, 6) is -0.883. The highest BCUT2D eigenvalue weighted by Crippen LogP contribution is 2.16. The molecule has 8 heteroatoms. The van der Waals surface area contributed by atoms with E-state index in [9.17, 15) is 19.1 Å². The van der Waals surface area contributed by atoms with E-state index in [0.29, 0.717) is 18.7 Å². The van der Waals surface area contributed by atoms with E-state index in [4.69, 9.17) is 4.74 Å². The number of ether oxygens (including phenoxy) is 1. The Morgan fingerprint density at radius 1 is 1.14 bits per heavy atom. The fourth-order valence-corrected chi connectivity index (χ4v) is 3.10. The summed E-state index contributed by atoms with van der Waals surface area (Å²) in [4.78, 5) is 23.1. The standard InChI is InChI=1S/C21H24FN3O4/c1-13(26)25-17-8-2-14(3-9-17)10-23-18-12-29-19(20(18)27)11-24-21(28)15-4-6-16(22)7-5-15/h2-9,18-20,23,27H,10-12H2,1H3,(H,24,28)(H,25,26)/t18-,19-,20+/m1/s1. The van der Waals surface area contributed by atoms with Crippen LogP contribution in [-0.4, -0.2) is 48.3 Å². The first-order valence-electron chi connectivity index (χ1n) is 9.36. The lowest BCUT2D eigenvalue weighted by Gasteiger charge is -2.19. The Kier molecular flexibility index (Phi) is 6.92. The molecule has 0 radical (unpaired) electrons. The molecule has 1 fully saturated rings. The van der Waals surface area contributed by atoms with Crippen LogP contribution in [0.1, 0.15) is 22.8 Å². The van der Waals surface area contributed by atoms with Crippen molar-refractivity contribution in [2.45, 2.75) is 31.7 Å². The molecule has 1 aliphatic heterocycles. The van der Waals surface area contributed by atoms with Gasteiger partial charge in [0.2, 0.25) is 5.91 Å². The number of carbonyl (C=O) groups is 2. The van der Waals surface area contributed by atoms with Crippen molar-refractivity contribution in [3.8, 4) is 0 Å². The van der Waals surface area contributed by atoms with Gasteiger partial charge in [-0.25, -0.2) is 4.39 Å². The van der Waals surface area contributed by atoms with Crippen LogP contribution in [0.4, 0.5) is 10.1 Å². The maximum Gasteiger partial charge on any atom is 0.251 e. The molecule has 154 valence electrons. The van der Waals surface area contributed by atoms with E-state index in [-0.39, 0.29) is 24.4 Å². The molecule has 2 amide bonds. The van der Waals surface area contributed by atoms with Crippen LogP contribution in [0.2, 0.25) is 0 Å². The Balaban J connectivity index is 1.44. The molecule has 29 heavy (non-hydrogen) atoms. The Labute approximate surface area is 168 Å². The molecule has 0 aromatic heterocycles. The van der Waals surface area contributed by atoms with Crippen LogP contribution in [0.15, 0.2) is 48.5 Å². The van der Waals surface area contributed by atoms with Crippen LogP contribution >= 0.6 is 0 Å². The first kappa shape index (κ1) is 20.9. The van der Waals surface area contributed by atoms with Crippen LogP contribution in [0.3, 0.4) is 0 Å². The van der Waals surface area contributed by atoms with Crippen LogP contribution in [-0.2, 0) is 16.1 Å². The molecule has 0 unspecified atom stereocenters. The Hall–Kier alpha value is -2.81. The van der Waals surface area contributed by atoms with E-state index in [0.717, 1.165) is 11.3 Å². The van der Waals surface area contributed by atoms with Crippen molar-refractivity contribution >= 4 is 17.5 Å². The number of aliphatic hydroxyl groups excluding tert-OH is 1. The molecule has 3 atom stereocenters. The lowest BCUT2D eigenvalue weighted by molar-refractivity contribution is -0.114. The number of rotatable bonds is 7. The molecule has 0 saturated carbocycles. The average Bonchev–Trinajstić information content (AvgIpc) is 3.05. The van der Waals surface area contributed by atoms with E-state index in [1.807, 2.05) is 24.3 Å². The van der Waals surface area contributed by atoms with Crippen LogP contribution in [0.25, 0.3) is 0 Å². The van der Waals surface area contributed by atoms with E-state index >= 15 is 0 Å². The van der Waals surface area contributed by atoms with Crippen molar-refractivity contribution in [3.05, 3.63) is 65.5 Å². The van der Waals surface area contributed by atoms with E-state index in [1.165, 1.54) is 31.2 Å². The van der Waals surface area contributed by atoms with Crippen LogP contribution < -0.4 is 16.0 Å². The van der Waals surface area contributed by atoms with Gasteiger partial charge < -0.3 is 25.8 Å². The summed E-state index contributed by atoms with van der Waals surface area (Å²) in [5.41, 5.74) is 2.07. The predicted octanol–water partition coefficient (Wildman–Crippen LogP) is 1.43. The van der Waals surface area contributed by atoms with Crippen molar-refractivity contribution in [1.82, 2.24) is 10.6 Å². The smallest absolute Gasteiger partial charge is 0.251 e. The minimum Gasteiger partial charge on any atom is -0.389 e. The third-order valence-corrected chi connectivity index (χ3v) is 4.70. The summed E-state index contributed by atoms with van der Waals surface area (Å²) in [7, 11) is 0. The van der Waals surface area contributed by atoms with Crippen LogP contribution in [0.5, 0.6) is 0 Å². The minimum atomic E-state index is -0.776. The van der Waals surface area contributed by atoms with Crippen molar-refractivity contribution in [2.24, 2.45) is 0 Å². The number of hydrogen-bond donors (Lipinski definition) is 4. The van der Waals surface area contributed by atoms with E-state index in [2.05, 4.69) is 16.0 Å². The molecular formula is C21H24FN3O4. The summed E-state index contributed by atoms with van der Waals surface area (Å²) in [6.45, 7) is 2.46. The number of carbonyl (C=O) groups excluding carboxylic acids is 2. The minimum absolute atomic E-state index is 0.125. The number of aliphatic hydroxyl groups is 1. The monoisotopic (exact) mass is 401 g/mol. The molecule has 1 heterocycles. The molecule has 2 aromatic rings. The van der Waals surface area contributed by atoms with Gasteiger partial charge in [-0.1, -0.05) is 12.1 Å². The van der Waals surface area contributed by atoms with Gasteiger partial charge in [0.15, 0.2) is 0 Å². The second kappa shape index (κ2) is 9.60. The zero-order valence-electron chi connectivity index (χ0n) is 16.0. The van der Waals surface area contributed by atoms with Gasteiger partial charge in [-0.15, -0.1) is 0 Å². The number of hydrogen-bond acceptors (Lipinski definition) is 5. The Bertz CT molecular complexity index is 842. The van der Waals surface area contributed by atoms with Gasteiger partial charge >= 0.3 is 0 Å². The molecule has 0 bridgehead atoms. The van der Waals surface area contributed by atoms with Gasteiger partial charge in [0.25, 0.3) is 5.91 Å². The fraction of sp³-hybridized carbons (Fsp3) is 0.333. The van der Waals surface area contributed by atoms with Gasteiger partial charge in [-0.05, 0) is 42.0 Å². The molecule has 0 aliphatic carbocycles. The fourth-order valence-electron chi connectivity index (χ4n) is 3.10. The van der Waals surface area contributed by atoms with Gasteiger partial charge in [0.05, 0.1) is 18.8 Å². The number of anilines is 1. The summed E-state index contributed by atoms with van der Waals surface area (Å²) >= 11 is 0. The number of nitrogens with one attached hydrogen (secondary N) is 3. The number of benzene rings is 2. The van der Waals surface area contributed by atoms with Crippen molar-refractivity contribution < 1.29 is 23.8 Å². The molecule has 2 aromatic carbocycles. The van der Waals surface area contributed by atoms with Crippen molar-refractivity contribution in [3.63, 3.8) is 0 Å². The molecule has 1 aliphatic rings. The number of amides is 2. The quantitative estimate of drug-likeness (QED) is 0.563. The molecule has 1 saturated heterocycles. The SMILES string of the molecule is CC(=O)Nc1ccc(CN[C@@H]2CO[C@H](CNC(=O)c3ccc(F)cc3)[C@H]2O)cc1. The first-order valence-corrected chi connectivity index (χ1v) is 9.36. The van der Waals surface area contributed by atoms with Gasteiger partial charge in [0, 0.05) is 31.3 Å². The summed E-state index contributed by atoms with van der Waals surface area (Å²) in [6.07, 6.45) is -1.30. The molecule has 4 N–H and O–H groups in total. The zero-order chi connectivity index (χ0) is 20.8. The number of halogens is 1. The molecule has 0 spiro atoms. The Morgan fingerprint density at radius 3 is 2.48 bits per heavy atom. The van der Waals surface area contributed by atoms with E-state index < -0.39 is 18.0 Å². The second-order valence-electron chi connectivity index (χ2n) is 6.94. The highest BCUT2D eigenvalue weighted by molar-refractivity contribution is 5.94. The molecule has 7 nitrogen and oxygen atoms in total. The van der Waals surface area contributed by atoms with Crippen molar-refractivity contribution in [2.75, 3.05) is 18.5 Å². The van der Waals surface area contributed by atoms with Crippen LogP contribution in [0, 0.1) is 5.82 Å². The van der Waals surface area contributed by atoms with Gasteiger partial charge in [-0.3, -0.25) is 9.59 Å². The maximum absolute atomic E-state index is 12.9. The lowest BCUT2D eigenvalue weighted by Crippen LogP contribution is -2.44. The van der Waals surface area contributed by atoms with Crippen molar-refractivity contribution in [1.29, 1.82) is 0 Å². The average molecular weight is 401 g/mol. The predicted molar refractivity (Wildman–Crippen MR) is 106 cm³/mol. The first-order chi connectivity index (χ1) is 13.9. The highest BCUT2D eigenvalue weighted by atomic mass is 19.1. The molecular weight excluding hydrogens is 377 g/mol. The maximum atomic E-state index is 12.9. The summed E-state index contributed by atoms with van der Waals surface area (Å²) in [5, 5.41) is 19.1. The Morgan fingerprint density at radius 2 is 1.83 bits per heavy atom. The third kappa shape index (κ3) is 5.83. The topological polar surface area (TPSA) is 99.7 Å². The third-order valence-electron chi connectivity index (χ3n) is 4.70. The molecule has 3 rings (SSSR count). The van der Waals surface area contributed by atoms with E-state index in [1.54, 1.807) is 0 Å². The lowest BCUT2D eigenvalue weighted by atomic mass is 10.1. The zero-order valence-corrected chi connectivity index (χ0v) is 16.0. The summed E-state index contributed by atoms with van der Waals surface area (Å²) in [6, 6.07) is 12.4. The van der Waals surface area contributed by atoms with Gasteiger partial charge in [0.1, 0.15) is 11.9 Å². The second-order valence-corrected chi connectivity index (χ2v) is 6.94. The summed E-state index contributed by atoms with van der Waals surface area (Å²) < 4.78 is 18.5. The highest BCUT2D eigenvalue weighted by Gasteiger charge is 2.35. The normalized spacial score (nSPS) is 21.0.